The number of nitrogens with one attached hydrogen (secondary N) is 3. The van der Waals surface area contributed by atoms with Crippen LogP contribution >= 0.6 is 0 Å². The molecule has 160 valence electrons. The molecule has 0 aliphatic carbocycles. The van der Waals surface area contributed by atoms with E-state index >= 15 is 0 Å². The van der Waals surface area contributed by atoms with E-state index in [0.29, 0.717) is 12.8 Å². The van der Waals surface area contributed by atoms with Crippen LogP contribution in [0.4, 0.5) is 0 Å². The topological polar surface area (TPSA) is 138 Å². The first-order chi connectivity index (χ1) is 13.5. The van der Waals surface area contributed by atoms with E-state index in [1.807, 2.05) is 51.2 Å². The van der Waals surface area contributed by atoms with Crippen LogP contribution in [0.25, 0.3) is 0 Å². The van der Waals surface area contributed by atoms with Crippen molar-refractivity contribution in [2.45, 2.75) is 39.3 Å². The summed E-state index contributed by atoms with van der Waals surface area (Å²) in [7, 11) is 3.27. The van der Waals surface area contributed by atoms with Crippen LogP contribution in [0.2, 0.25) is 0 Å². The smallest absolute Gasteiger partial charge is 0.250 e. The first-order valence-corrected chi connectivity index (χ1v) is 9.19. The van der Waals surface area contributed by atoms with Crippen LogP contribution in [-0.4, -0.2) is 62.7 Å². The van der Waals surface area contributed by atoms with Gasteiger partial charge in [0.1, 0.15) is 6.10 Å². The van der Waals surface area contributed by atoms with E-state index in [1.54, 1.807) is 0 Å². The highest BCUT2D eigenvalue weighted by Gasteiger charge is 2.23. The number of aliphatic hydroxyl groups excluding tert-OH is 1. The summed E-state index contributed by atoms with van der Waals surface area (Å²) in [5, 5.41) is 18.8. The number of hydrazone groups is 1. The molecule has 0 saturated heterocycles. The molecule has 1 aromatic rings. The number of nitrogens with zero attached hydrogens (tertiary/aromatic N) is 1. The quantitative estimate of drug-likeness (QED) is 0.172. The van der Waals surface area contributed by atoms with Gasteiger partial charge >= 0.3 is 0 Å². The Kier molecular flexibility index (Phi) is 19.1. The van der Waals surface area contributed by atoms with Gasteiger partial charge in [-0.3, -0.25) is 9.59 Å². The Balaban J connectivity index is 0. The number of rotatable bonds is 9. The Labute approximate surface area is 167 Å². The van der Waals surface area contributed by atoms with Crippen LogP contribution in [0.1, 0.15) is 26.3 Å². The van der Waals surface area contributed by atoms with Crippen molar-refractivity contribution in [2.24, 2.45) is 10.8 Å². The lowest BCUT2D eigenvalue weighted by Gasteiger charge is -2.18. The van der Waals surface area contributed by atoms with Crippen molar-refractivity contribution in [1.82, 2.24) is 16.1 Å². The molecule has 0 bridgehead atoms. The van der Waals surface area contributed by atoms with Crippen LogP contribution in [0.5, 0.6) is 0 Å². The summed E-state index contributed by atoms with van der Waals surface area (Å²) in [6.07, 6.45) is -0.629. The van der Waals surface area contributed by atoms with Gasteiger partial charge in [-0.15, -0.1) is 5.10 Å². The Morgan fingerprint density at radius 1 is 1.32 bits per heavy atom. The van der Waals surface area contributed by atoms with Crippen LogP contribution in [0, 0.1) is 0 Å². The molecule has 2 atom stereocenters. The minimum Gasteiger partial charge on any atom is -0.482 e. The second kappa shape index (κ2) is 19.3. The molecule has 2 unspecified atom stereocenters. The molecule has 1 rings (SSSR count). The molecule has 9 nitrogen and oxygen atoms in total. The molecule has 0 radical (unpaired) electrons. The molecule has 0 fully saturated rings. The number of carbonyl (C=O) groups excluding carboxylic acids is 2. The maximum atomic E-state index is 11.8. The van der Waals surface area contributed by atoms with Gasteiger partial charge < -0.3 is 26.2 Å². The fourth-order valence-corrected chi connectivity index (χ4v) is 1.72. The lowest BCUT2D eigenvalue weighted by Crippen LogP contribution is -2.48. The van der Waals surface area contributed by atoms with E-state index < -0.39 is 18.1 Å². The van der Waals surface area contributed by atoms with E-state index in [0.717, 1.165) is 12.1 Å². The molecule has 6 N–H and O–H groups in total. The van der Waals surface area contributed by atoms with Crippen LogP contribution < -0.4 is 21.8 Å². The van der Waals surface area contributed by atoms with Crippen molar-refractivity contribution < 1.29 is 19.4 Å². The van der Waals surface area contributed by atoms with Crippen LogP contribution in [-0.2, 0) is 20.7 Å². The zero-order valence-corrected chi connectivity index (χ0v) is 17.4. The van der Waals surface area contributed by atoms with Gasteiger partial charge in [-0.25, -0.2) is 5.43 Å². The van der Waals surface area contributed by atoms with E-state index in [9.17, 15) is 14.7 Å². The van der Waals surface area contributed by atoms with Gasteiger partial charge in [0.2, 0.25) is 12.3 Å². The molecule has 9 heteroatoms. The third kappa shape index (κ3) is 13.7. The van der Waals surface area contributed by atoms with Crippen molar-refractivity contribution in [3.63, 3.8) is 0 Å². The maximum absolute atomic E-state index is 11.8. The SMILES string of the molecule is CC.CCNC.CO/C(CNC(=O)C(O)C(N)Cc1ccccc1)=N\NC=O. The first kappa shape index (κ1) is 27.7. The van der Waals surface area contributed by atoms with Crippen molar-refractivity contribution in [1.29, 1.82) is 0 Å². The summed E-state index contributed by atoms with van der Waals surface area (Å²) in [5.41, 5.74) is 8.82. The van der Waals surface area contributed by atoms with E-state index in [1.165, 1.54) is 7.11 Å². The molecule has 0 saturated carbocycles. The summed E-state index contributed by atoms with van der Waals surface area (Å²) in [4.78, 5) is 21.9. The summed E-state index contributed by atoms with van der Waals surface area (Å²) < 4.78 is 4.84. The highest BCUT2D eigenvalue weighted by Crippen LogP contribution is 2.04. The molecular weight excluding hydrogens is 362 g/mol. The Morgan fingerprint density at radius 2 is 1.89 bits per heavy atom. The van der Waals surface area contributed by atoms with E-state index in [-0.39, 0.29) is 12.4 Å². The van der Waals surface area contributed by atoms with Gasteiger partial charge in [0.05, 0.1) is 13.7 Å². The van der Waals surface area contributed by atoms with Crippen LogP contribution in [0.3, 0.4) is 0 Å². The normalized spacial score (nSPS) is 12.2. The molecule has 0 aliphatic heterocycles. The minimum atomic E-state index is -1.36. The first-order valence-electron chi connectivity index (χ1n) is 9.19. The Hall–Kier alpha value is -2.49. The third-order valence-corrected chi connectivity index (χ3v) is 3.23. The lowest BCUT2D eigenvalue weighted by atomic mass is 10.0. The third-order valence-electron chi connectivity index (χ3n) is 3.23. The minimum absolute atomic E-state index is 0.0781. The van der Waals surface area contributed by atoms with E-state index in [2.05, 4.69) is 28.1 Å². The Morgan fingerprint density at radius 3 is 2.36 bits per heavy atom. The van der Waals surface area contributed by atoms with Crippen molar-refractivity contribution in [3.05, 3.63) is 35.9 Å². The maximum Gasteiger partial charge on any atom is 0.250 e. The second-order valence-corrected chi connectivity index (χ2v) is 5.18. The van der Waals surface area contributed by atoms with Crippen molar-refractivity contribution in [3.8, 4) is 0 Å². The van der Waals surface area contributed by atoms with E-state index in [4.69, 9.17) is 10.5 Å². The standard InChI is InChI=1S/C14H20N4O4.C3H9N.C2H6/c1-22-12(18-17-9-19)8-16-14(21)13(20)11(15)7-10-5-3-2-4-6-10;1-3-4-2;1-2/h2-6,9,11,13,20H,7-8,15H2,1H3,(H,16,21)(H,17,19);4H,3H2,1-2H3;1-2H3/b18-12-;;. The molecular formula is C19H35N5O4. The number of amides is 2. The number of ether oxygens (including phenoxy) is 1. The Bertz CT molecular complexity index is 538. The average Bonchev–Trinajstić information content (AvgIpc) is 2.75. The van der Waals surface area contributed by atoms with Gasteiger partial charge in [-0.2, -0.15) is 0 Å². The summed E-state index contributed by atoms with van der Waals surface area (Å²) in [5.74, 6) is -0.552. The van der Waals surface area contributed by atoms with Gasteiger partial charge in [0.25, 0.3) is 5.91 Å². The number of hydrogen-bond acceptors (Lipinski definition) is 7. The highest BCUT2D eigenvalue weighted by molar-refractivity contribution is 5.87. The van der Waals surface area contributed by atoms with Crippen LogP contribution in [0.15, 0.2) is 35.4 Å². The number of methoxy groups -OCH3 is 1. The second-order valence-electron chi connectivity index (χ2n) is 5.18. The van der Waals surface area contributed by atoms with Gasteiger partial charge in [0, 0.05) is 6.04 Å². The summed E-state index contributed by atoms with van der Waals surface area (Å²) in [6, 6.07) is 8.58. The molecule has 2 amide bonds. The molecule has 0 aliphatic rings. The number of nitrogens with two attached hydrogens (primary N) is 1. The monoisotopic (exact) mass is 397 g/mol. The molecule has 0 aromatic heterocycles. The average molecular weight is 398 g/mol. The fourth-order valence-electron chi connectivity index (χ4n) is 1.72. The predicted octanol–water partition coefficient (Wildman–Crippen LogP) is -0.00870. The largest absolute Gasteiger partial charge is 0.482 e. The summed E-state index contributed by atoms with van der Waals surface area (Å²) >= 11 is 0. The summed E-state index contributed by atoms with van der Waals surface area (Å²) in [6.45, 7) is 7.06. The molecule has 0 spiro atoms. The van der Waals surface area contributed by atoms with Gasteiger partial charge in [0.15, 0.2) is 0 Å². The highest BCUT2D eigenvalue weighted by atomic mass is 16.5. The van der Waals surface area contributed by atoms with Gasteiger partial charge in [-0.05, 0) is 25.6 Å². The lowest BCUT2D eigenvalue weighted by molar-refractivity contribution is -0.130. The molecule has 0 heterocycles. The number of hydrogen-bond donors (Lipinski definition) is 5. The van der Waals surface area contributed by atoms with Crippen molar-refractivity contribution >= 4 is 18.2 Å². The zero-order valence-electron chi connectivity index (χ0n) is 17.4. The zero-order chi connectivity index (χ0) is 21.8. The molecule has 1 aromatic carbocycles. The number of benzene rings is 1. The van der Waals surface area contributed by atoms with Crippen molar-refractivity contribution in [2.75, 3.05) is 27.2 Å². The molecule has 28 heavy (non-hydrogen) atoms. The van der Waals surface area contributed by atoms with Gasteiger partial charge in [-0.1, -0.05) is 51.1 Å². The number of carbonyl (C=O) groups is 2. The fraction of sp³-hybridized carbons (Fsp3) is 0.526. The number of aliphatic hydroxyl groups is 1. The predicted molar refractivity (Wildman–Crippen MR) is 112 cm³/mol.